The Morgan fingerprint density at radius 3 is 2.44 bits per heavy atom. The van der Waals surface area contributed by atoms with Gasteiger partial charge < -0.3 is 10.1 Å². The number of benzene rings is 2. The van der Waals surface area contributed by atoms with Crippen LogP contribution in [0.5, 0.6) is 5.75 Å². The van der Waals surface area contributed by atoms with Gasteiger partial charge in [0.25, 0.3) is 0 Å². The molecule has 0 aliphatic carbocycles. The van der Waals surface area contributed by atoms with Crippen molar-refractivity contribution in [3.05, 3.63) is 54.1 Å². The highest BCUT2D eigenvalue weighted by Crippen LogP contribution is 2.24. The molecule has 0 saturated carbocycles. The van der Waals surface area contributed by atoms with E-state index >= 15 is 0 Å². The molecule has 0 radical (unpaired) electrons. The number of methoxy groups -OCH3 is 1. The van der Waals surface area contributed by atoms with Crippen molar-refractivity contribution in [2.45, 2.75) is 13.5 Å². The lowest BCUT2D eigenvalue weighted by Crippen LogP contribution is -2.11. The summed E-state index contributed by atoms with van der Waals surface area (Å²) in [4.78, 5) is 0. The molecule has 0 saturated heterocycles. The van der Waals surface area contributed by atoms with Crippen molar-refractivity contribution < 1.29 is 4.74 Å². The third-order valence-corrected chi connectivity index (χ3v) is 2.91. The molecule has 2 nitrogen and oxygen atoms in total. The minimum absolute atomic E-state index is 0.893. The van der Waals surface area contributed by atoms with Crippen LogP contribution in [-0.4, -0.2) is 13.7 Å². The molecule has 0 bridgehead atoms. The SMILES string of the molecule is CCNCc1cccc(-c2cccc(OC)c2)c1. The molecule has 2 aromatic rings. The van der Waals surface area contributed by atoms with Crippen molar-refractivity contribution in [2.75, 3.05) is 13.7 Å². The first kappa shape index (κ1) is 12.7. The second-order valence-corrected chi connectivity index (χ2v) is 4.21. The van der Waals surface area contributed by atoms with Crippen LogP contribution in [0, 0.1) is 0 Å². The highest BCUT2D eigenvalue weighted by atomic mass is 16.5. The molecule has 94 valence electrons. The Morgan fingerprint density at radius 2 is 1.72 bits per heavy atom. The van der Waals surface area contributed by atoms with Crippen molar-refractivity contribution in [1.29, 1.82) is 0 Å². The van der Waals surface area contributed by atoms with Crippen LogP contribution < -0.4 is 10.1 Å². The Labute approximate surface area is 109 Å². The number of ether oxygens (including phenoxy) is 1. The van der Waals surface area contributed by atoms with Gasteiger partial charge in [0.1, 0.15) is 5.75 Å². The summed E-state index contributed by atoms with van der Waals surface area (Å²) in [5.74, 6) is 0.893. The van der Waals surface area contributed by atoms with Crippen LogP contribution in [-0.2, 0) is 6.54 Å². The van der Waals surface area contributed by atoms with Gasteiger partial charge >= 0.3 is 0 Å². The van der Waals surface area contributed by atoms with Crippen LogP contribution in [0.3, 0.4) is 0 Å². The lowest BCUT2D eigenvalue weighted by atomic mass is 10.0. The smallest absolute Gasteiger partial charge is 0.119 e. The Kier molecular flexibility index (Phi) is 4.37. The van der Waals surface area contributed by atoms with E-state index in [1.807, 2.05) is 12.1 Å². The van der Waals surface area contributed by atoms with Gasteiger partial charge in [-0.25, -0.2) is 0 Å². The van der Waals surface area contributed by atoms with Crippen LogP contribution in [0.2, 0.25) is 0 Å². The average Bonchev–Trinajstić information content (AvgIpc) is 2.45. The monoisotopic (exact) mass is 241 g/mol. The van der Waals surface area contributed by atoms with Crippen molar-refractivity contribution in [1.82, 2.24) is 5.32 Å². The van der Waals surface area contributed by atoms with E-state index in [1.165, 1.54) is 16.7 Å². The molecule has 0 aromatic heterocycles. The van der Waals surface area contributed by atoms with E-state index in [-0.39, 0.29) is 0 Å². The molecule has 0 atom stereocenters. The van der Waals surface area contributed by atoms with Gasteiger partial charge in [-0.3, -0.25) is 0 Å². The van der Waals surface area contributed by atoms with Crippen LogP contribution in [0.1, 0.15) is 12.5 Å². The molecule has 2 rings (SSSR count). The van der Waals surface area contributed by atoms with Crippen molar-refractivity contribution in [2.24, 2.45) is 0 Å². The zero-order valence-corrected chi connectivity index (χ0v) is 10.9. The Balaban J connectivity index is 2.26. The van der Waals surface area contributed by atoms with Gasteiger partial charge in [0.15, 0.2) is 0 Å². The molecule has 0 aliphatic heterocycles. The lowest BCUT2D eigenvalue weighted by Gasteiger charge is -2.07. The van der Waals surface area contributed by atoms with Gasteiger partial charge in [-0.05, 0) is 41.4 Å². The first-order chi connectivity index (χ1) is 8.83. The minimum Gasteiger partial charge on any atom is -0.497 e. The van der Waals surface area contributed by atoms with E-state index in [4.69, 9.17) is 4.74 Å². The van der Waals surface area contributed by atoms with Crippen molar-refractivity contribution in [3.8, 4) is 16.9 Å². The van der Waals surface area contributed by atoms with E-state index in [0.29, 0.717) is 0 Å². The molecule has 0 unspecified atom stereocenters. The van der Waals surface area contributed by atoms with E-state index in [2.05, 4.69) is 48.6 Å². The molecular weight excluding hydrogens is 222 g/mol. The summed E-state index contributed by atoms with van der Waals surface area (Å²) in [6.45, 7) is 4.02. The predicted octanol–water partition coefficient (Wildman–Crippen LogP) is 3.47. The number of nitrogens with one attached hydrogen (secondary N) is 1. The lowest BCUT2D eigenvalue weighted by molar-refractivity contribution is 0.415. The van der Waals surface area contributed by atoms with E-state index in [0.717, 1.165) is 18.8 Å². The van der Waals surface area contributed by atoms with Crippen molar-refractivity contribution in [3.63, 3.8) is 0 Å². The average molecular weight is 241 g/mol. The summed E-state index contributed by atoms with van der Waals surface area (Å²) in [7, 11) is 1.70. The standard InChI is InChI=1S/C16H19NO/c1-3-17-12-13-6-4-7-14(10-13)15-8-5-9-16(11-15)18-2/h4-11,17H,3,12H2,1-2H3. The third kappa shape index (κ3) is 3.11. The van der Waals surface area contributed by atoms with E-state index in [1.54, 1.807) is 7.11 Å². The Bertz CT molecular complexity index is 508. The maximum Gasteiger partial charge on any atom is 0.119 e. The first-order valence-corrected chi connectivity index (χ1v) is 6.27. The van der Waals surface area contributed by atoms with Crippen LogP contribution in [0.25, 0.3) is 11.1 Å². The highest BCUT2D eigenvalue weighted by Gasteiger charge is 2.00. The van der Waals surface area contributed by atoms with Crippen LogP contribution >= 0.6 is 0 Å². The summed E-state index contributed by atoms with van der Waals surface area (Å²) in [5.41, 5.74) is 3.72. The van der Waals surface area contributed by atoms with Crippen LogP contribution in [0.4, 0.5) is 0 Å². The highest BCUT2D eigenvalue weighted by molar-refractivity contribution is 5.65. The van der Waals surface area contributed by atoms with E-state index < -0.39 is 0 Å². The molecule has 1 N–H and O–H groups in total. The zero-order valence-electron chi connectivity index (χ0n) is 10.9. The Morgan fingerprint density at radius 1 is 1.00 bits per heavy atom. The van der Waals surface area contributed by atoms with Crippen LogP contribution in [0.15, 0.2) is 48.5 Å². The van der Waals surface area contributed by atoms with Gasteiger partial charge in [-0.2, -0.15) is 0 Å². The van der Waals surface area contributed by atoms with Gasteiger partial charge in [-0.15, -0.1) is 0 Å². The molecule has 18 heavy (non-hydrogen) atoms. The molecular formula is C16H19NO. The summed E-state index contributed by atoms with van der Waals surface area (Å²) in [6.07, 6.45) is 0. The largest absolute Gasteiger partial charge is 0.497 e. The van der Waals surface area contributed by atoms with Gasteiger partial charge in [0.2, 0.25) is 0 Å². The van der Waals surface area contributed by atoms with E-state index in [9.17, 15) is 0 Å². The fourth-order valence-corrected chi connectivity index (χ4v) is 1.93. The molecule has 0 amide bonds. The molecule has 0 fully saturated rings. The van der Waals surface area contributed by atoms with Gasteiger partial charge in [0, 0.05) is 6.54 Å². The number of rotatable bonds is 5. The Hall–Kier alpha value is -1.80. The first-order valence-electron chi connectivity index (χ1n) is 6.27. The topological polar surface area (TPSA) is 21.3 Å². The third-order valence-electron chi connectivity index (χ3n) is 2.91. The molecule has 2 heteroatoms. The maximum absolute atomic E-state index is 5.26. The fourth-order valence-electron chi connectivity index (χ4n) is 1.93. The second-order valence-electron chi connectivity index (χ2n) is 4.21. The quantitative estimate of drug-likeness (QED) is 0.865. The maximum atomic E-state index is 5.26. The summed E-state index contributed by atoms with van der Waals surface area (Å²) >= 11 is 0. The summed E-state index contributed by atoms with van der Waals surface area (Å²) in [6, 6.07) is 16.7. The van der Waals surface area contributed by atoms with Gasteiger partial charge in [0.05, 0.1) is 7.11 Å². The van der Waals surface area contributed by atoms with Crippen molar-refractivity contribution >= 4 is 0 Å². The summed E-state index contributed by atoms with van der Waals surface area (Å²) in [5, 5.41) is 3.34. The number of hydrogen-bond donors (Lipinski definition) is 1. The fraction of sp³-hybridized carbons (Fsp3) is 0.250. The predicted molar refractivity (Wildman–Crippen MR) is 75.8 cm³/mol. The summed E-state index contributed by atoms with van der Waals surface area (Å²) < 4.78 is 5.26. The number of hydrogen-bond acceptors (Lipinski definition) is 2. The minimum atomic E-state index is 0.893. The van der Waals surface area contributed by atoms with Gasteiger partial charge in [-0.1, -0.05) is 37.3 Å². The second kappa shape index (κ2) is 6.22. The molecule has 0 heterocycles. The molecule has 0 spiro atoms. The molecule has 2 aromatic carbocycles. The molecule has 0 aliphatic rings. The normalized spacial score (nSPS) is 10.3. The zero-order chi connectivity index (χ0) is 12.8.